The van der Waals surface area contributed by atoms with Gasteiger partial charge in [-0.15, -0.1) is 11.3 Å². The highest BCUT2D eigenvalue weighted by atomic mass is 32.1. The van der Waals surface area contributed by atoms with E-state index in [1.165, 1.54) is 23.4 Å². The topological polar surface area (TPSA) is 51.4 Å². The van der Waals surface area contributed by atoms with Crippen LogP contribution in [-0.4, -0.2) is 31.3 Å². The molecule has 1 saturated heterocycles. The maximum absolute atomic E-state index is 5.81. The van der Waals surface area contributed by atoms with Gasteiger partial charge in [0.2, 0.25) is 0 Å². The largest absolute Gasteiger partial charge is 0.380 e. The molecule has 94 valence electrons. The molecule has 2 N–H and O–H groups in total. The zero-order valence-corrected chi connectivity index (χ0v) is 11.0. The fourth-order valence-electron chi connectivity index (χ4n) is 2.40. The molecule has 0 radical (unpaired) electrons. The van der Waals surface area contributed by atoms with Crippen molar-refractivity contribution in [3.8, 4) is 0 Å². The van der Waals surface area contributed by atoms with Gasteiger partial charge in [-0.25, -0.2) is 4.98 Å². The Labute approximate surface area is 106 Å². The predicted molar refractivity (Wildman–Crippen MR) is 69.6 cm³/mol. The third kappa shape index (κ3) is 2.19. The van der Waals surface area contributed by atoms with Crippen molar-refractivity contribution in [2.45, 2.75) is 37.8 Å². The Hall–Kier alpha value is -0.650. The molecule has 1 aromatic rings. The number of anilines is 1. The normalized spacial score (nSPS) is 24.6. The zero-order chi connectivity index (χ0) is 11.8. The number of hydrogen-bond acceptors (Lipinski definition) is 5. The van der Waals surface area contributed by atoms with Gasteiger partial charge in [0.05, 0.1) is 11.8 Å². The number of thiazole rings is 1. The van der Waals surface area contributed by atoms with Gasteiger partial charge in [-0.1, -0.05) is 0 Å². The lowest BCUT2D eigenvalue weighted by Crippen LogP contribution is -2.21. The molecule has 1 aliphatic carbocycles. The third-order valence-electron chi connectivity index (χ3n) is 3.61. The number of methoxy groups -OCH3 is 1. The van der Waals surface area contributed by atoms with Crippen molar-refractivity contribution in [2.75, 3.05) is 25.1 Å². The van der Waals surface area contributed by atoms with Gasteiger partial charge in [0.15, 0.2) is 5.13 Å². The van der Waals surface area contributed by atoms with Gasteiger partial charge < -0.3 is 15.4 Å². The lowest BCUT2D eigenvalue weighted by Gasteiger charge is -2.13. The number of rotatable bonds is 4. The van der Waals surface area contributed by atoms with Crippen LogP contribution in [0.25, 0.3) is 0 Å². The van der Waals surface area contributed by atoms with Crippen LogP contribution >= 0.6 is 11.3 Å². The van der Waals surface area contributed by atoms with E-state index in [-0.39, 0.29) is 0 Å². The highest BCUT2D eigenvalue weighted by Gasteiger charge is 2.31. The molecular formula is C12H19N3OS. The quantitative estimate of drug-likeness (QED) is 0.887. The second kappa shape index (κ2) is 4.55. The van der Waals surface area contributed by atoms with Gasteiger partial charge in [-0.05, 0) is 19.3 Å². The molecule has 5 heteroatoms. The van der Waals surface area contributed by atoms with Gasteiger partial charge in [0, 0.05) is 37.5 Å². The summed E-state index contributed by atoms with van der Waals surface area (Å²) in [5.41, 5.74) is 7.08. The molecule has 1 aliphatic heterocycles. The Morgan fingerprint density at radius 3 is 2.88 bits per heavy atom. The van der Waals surface area contributed by atoms with Crippen molar-refractivity contribution >= 4 is 16.5 Å². The maximum atomic E-state index is 5.81. The minimum Gasteiger partial charge on any atom is -0.380 e. The van der Waals surface area contributed by atoms with E-state index < -0.39 is 0 Å². The average molecular weight is 253 g/mol. The molecule has 4 nitrogen and oxygen atoms in total. The van der Waals surface area contributed by atoms with Crippen LogP contribution in [0, 0.1) is 0 Å². The third-order valence-corrected chi connectivity index (χ3v) is 4.77. The lowest BCUT2D eigenvalue weighted by atomic mass is 10.2. The van der Waals surface area contributed by atoms with Crippen LogP contribution < -0.4 is 10.6 Å². The summed E-state index contributed by atoms with van der Waals surface area (Å²) in [4.78, 5) is 8.42. The molecule has 2 fully saturated rings. The highest BCUT2D eigenvalue weighted by Crippen LogP contribution is 2.44. The first-order valence-electron chi connectivity index (χ1n) is 6.29. The molecule has 2 aliphatic rings. The maximum Gasteiger partial charge on any atom is 0.185 e. The van der Waals surface area contributed by atoms with E-state index in [2.05, 4.69) is 4.90 Å². The van der Waals surface area contributed by atoms with Crippen LogP contribution in [0.5, 0.6) is 0 Å². The smallest absolute Gasteiger partial charge is 0.185 e. The Morgan fingerprint density at radius 2 is 2.29 bits per heavy atom. The van der Waals surface area contributed by atoms with Crippen LogP contribution in [0.2, 0.25) is 0 Å². The number of nitrogens with zero attached hydrogens (tertiary/aromatic N) is 2. The van der Waals surface area contributed by atoms with Gasteiger partial charge in [-0.2, -0.15) is 0 Å². The molecule has 1 aromatic heterocycles. The molecule has 2 heterocycles. The first-order valence-corrected chi connectivity index (χ1v) is 7.11. The molecule has 1 saturated carbocycles. The molecule has 0 aromatic carbocycles. The van der Waals surface area contributed by atoms with E-state index in [0.717, 1.165) is 24.6 Å². The van der Waals surface area contributed by atoms with Crippen molar-refractivity contribution in [1.82, 2.24) is 4.98 Å². The summed E-state index contributed by atoms with van der Waals surface area (Å²) in [6, 6.07) is 0. The van der Waals surface area contributed by atoms with Crippen LogP contribution in [0.1, 0.15) is 35.8 Å². The molecule has 0 amide bonds. The Kier molecular flexibility index (Phi) is 3.06. The van der Waals surface area contributed by atoms with Crippen LogP contribution in [0.4, 0.5) is 5.13 Å². The van der Waals surface area contributed by atoms with Crippen molar-refractivity contribution in [2.24, 2.45) is 5.73 Å². The number of nitrogens with two attached hydrogens (primary N) is 1. The summed E-state index contributed by atoms with van der Waals surface area (Å²) in [7, 11) is 1.79. The minimum atomic E-state index is 0.365. The molecule has 1 atom stereocenters. The van der Waals surface area contributed by atoms with Crippen LogP contribution in [-0.2, 0) is 11.3 Å². The van der Waals surface area contributed by atoms with E-state index in [1.807, 2.05) is 0 Å². The van der Waals surface area contributed by atoms with Crippen molar-refractivity contribution < 1.29 is 4.74 Å². The van der Waals surface area contributed by atoms with E-state index in [9.17, 15) is 0 Å². The summed E-state index contributed by atoms with van der Waals surface area (Å²) in [6.07, 6.45) is 4.05. The second-order valence-electron chi connectivity index (χ2n) is 4.88. The van der Waals surface area contributed by atoms with Crippen LogP contribution in [0.3, 0.4) is 0 Å². The summed E-state index contributed by atoms with van der Waals surface area (Å²) < 4.78 is 5.40. The number of ether oxygens (including phenoxy) is 1. The lowest BCUT2D eigenvalue weighted by molar-refractivity contribution is 0.121. The summed E-state index contributed by atoms with van der Waals surface area (Å²) in [5, 5.41) is 1.15. The molecule has 0 spiro atoms. The van der Waals surface area contributed by atoms with Crippen molar-refractivity contribution in [3.63, 3.8) is 0 Å². The second-order valence-corrected chi connectivity index (χ2v) is 5.94. The van der Waals surface area contributed by atoms with Gasteiger partial charge >= 0.3 is 0 Å². The zero-order valence-electron chi connectivity index (χ0n) is 10.2. The number of hydrogen-bond donors (Lipinski definition) is 1. The summed E-state index contributed by atoms with van der Waals surface area (Å²) in [5.74, 6) is 0.694. The van der Waals surface area contributed by atoms with E-state index in [1.54, 1.807) is 18.4 Å². The first kappa shape index (κ1) is 11.4. The van der Waals surface area contributed by atoms with Gasteiger partial charge in [0.1, 0.15) is 0 Å². The molecular weight excluding hydrogens is 234 g/mol. The summed E-state index contributed by atoms with van der Waals surface area (Å²) in [6.45, 7) is 2.66. The van der Waals surface area contributed by atoms with Crippen molar-refractivity contribution in [3.05, 3.63) is 10.6 Å². The number of aromatic nitrogens is 1. The Balaban J connectivity index is 1.79. The fraction of sp³-hybridized carbons (Fsp3) is 0.750. The van der Waals surface area contributed by atoms with E-state index in [4.69, 9.17) is 15.5 Å². The molecule has 3 rings (SSSR count). The van der Waals surface area contributed by atoms with Crippen molar-refractivity contribution in [1.29, 1.82) is 0 Å². The van der Waals surface area contributed by atoms with Crippen LogP contribution in [0.15, 0.2) is 0 Å². The minimum absolute atomic E-state index is 0.365. The molecule has 1 unspecified atom stereocenters. The van der Waals surface area contributed by atoms with Gasteiger partial charge in [-0.3, -0.25) is 0 Å². The highest BCUT2D eigenvalue weighted by molar-refractivity contribution is 7.15. The average Bonchev–Trinajstić information content (AvgIpc) is 2.95. The fourth-order valence-corrected chi connectivity index (χ4v) is 3.46. The first-order chi connectivity index (χ1) is 8.31. The van der Waals surface area contributed by atoms with Gasteiger partial charge in [0.25, 0.3) is 0 Å². The predicted octanol–water partition coefficient (Wildman–Crippen LogP) is 1.70. The standard InChI is InChI=1S/C12H19N3OS/c1-16-9-4-5-15(7-9)12-14-11(8-2-3-8)10(6-13)17-12/h8-9H,2-7,13H2,1H3. The molecule has 17 heavy (non-hydrogen) atoms. The SMILES string of the molecule is COC1CCN(c2nc(C3CC3)c(CN)s2)C1. The van der Waals surface area contributed by atoms with E-state index >= 15 is 0 Å². The summed E-state index contributed by atoms with van der Waals surface area (Å²) >= 11 is 1.77. The Bertz CT molecular complexity index is 402. The Morgan fingerprint density at radius 1 is 1.47 bits per heavy atom. The molecule has 0 bridgehead atoms. The monoisotopic (exact) mass is 253 g/mol. The van der Waals surface area contributed by atoms with E-state index in [0.29, 0.717) is 18.6 Å².